The van der Waals surface area contributed by atoms with Crippen LogP contribution in [0.2, 0.25) is 5.15 Å². The topological polar surface area (TPSA) is 62.2 Å². The van der Waals surface area contributed by atoms with Gasteiger partial charge in [-0.05, 0) is 29.8 Å². The summed E-state index contributed by atoms with van der Waals surface area (Å²) in [5.74, 6) is -0.0154. The van der Waals surface area contributed by atoms with Gasteiger partial charge >= 0.3 is 0 Å². The minimum atomic E-state index is -0.215. The van der Waals surface area contributed by atoms with E-state index in [1.54, 1.807) is 30.3 Å². The van der Waals surface area contributed by atoms with Crippen molar-refractivity contribution in [3.63, 3.8) is 0 Å². The van der Waals surface area contributed by atoms with E-state index < -0.39 is 0 Å². The number of hydrogen-bond acceptors (Lipinski definition) is 3. The molecule has 1 heterocycles. The first-order valence-corrected chi connectivity index (χ1v) is 5.70. The maximum atomic E-state index is 11.8. The molecule has 0 saturated carbocycles. The first-order chi connectivity index (χ1) is 8.65. The van der Waals surface area contributed by atoms with E-state index in [2.05, 4.69) is 10.3 Å². The van der Waals surface area contributed by atoms with Gasteiger partial charge in [-0.1, -0.05) is 23.7 Å². The standard InChI is InChI=1S/C13H11ClN2O2/c14-12-7-10(5-6-15-12)13(18)16-8-9-1-3-11(17)4-2-9/h1-7,17H,8H2,(H,16,18). The lowest BCUT2D eigenvalue weighted by molar-refractivity contribution is 0.0951. The first-order valence-electron chi connectivity index (χ1n) is 5.33. The van der Waals surface area contributed by atoms with Crippen molar-refractivity contribution < 1.29 is 9.90 Å². The minimum absolute atomic E-state index is 0.200. The van der Waals surface area contributed by atoms with Crippen LogP contribution in [0.1, 0.15) is 15.9 Å². The number of rotatable bonds is 3. The van der Waals surface area contributed by atoms with Crippen LogP contribution < -0.4 is 5.32 Å². The molecule has 1 aromatic heterocycles. The van der Waals surface area contributed by atoms with Crippen LogP contribution in [-0.4, -0.2) is 16.0 Å². The van der Waals surface area contributed by atoms with Gasteiger partial charge in [-0.25, -0.2) is 4.98 Å². The molecule has 0 spiro atoms. The molecule has 0 radical (unpaired) electrons. The molecule has 2 rings (SSSR count). The number of nitrogens with one attached hydrogen (secondary N) is 1. The average Bonchev–Trinajstić information content (AvgIpc) is 2.38. The molecule has 0 fully saturated rings. The van der Waals surface area contributed by atoms with Gasteiger partial charge in [0.2, 0.25) is 0 Å². The molecule has 18 heavy (non-hydrogen) atoms. The fraction of sp³-hybridized carbons (Fsp3) is 0.0769. The zero-order valence-electron chi connectivity index (χ0n) is 9.43. The number of phenols is 1. The van der Waals surface area contributed by atoms with E-state index in [4.69, 9.17) is 16.7 Å². The number of hydrogen-bond donors (Lipinski definition) is 2. The molecule has 0 aliphatic carbocycles. The van der Waals surface area contributed by atoms with Crippen LogP contribution in [0.5, 0.6) is 5.75 Å². The van der Waals surface area contributed by atoms with Crippen LogP contribution in [0, 0.1) is 0 Å². The van der Waals surface area contributed by atoms with Crippen LogP contribution in [0.15, 0.2) is 42.6 Å². The quantitative estimate of drug-likeness (QED) is 0.835. The first kappa shape index (κ1) is 12.4. The van der Waals surface area contributed by atoms with Crippen molar-refractivity contribution >= 4 is 17.5 Å². The third kappa shape index (κ3) is 3.21. The summed E-state index contributed by atoms with van der Waals surface area (Å²) in [5, 5.41) is 12.2. The van der Waals surface area contributed by atoms with Crippen LogP contribution in [-0.2, 0) is 6.54 Å². The number of aromatic nitrogens is 1. The van der Waals surface area contributed by atoms with Gasteiger partial charge in [0.15, 0.2) is 0 Å². The van der Waals surface area contributed by atoms with Crippen molar-refractivity contribution in [3.8, 4) is 5.75 Å². The predicted octanol–water partition coefficient (Wildman–Crippen LogP) is 2.37. The van der Waals surface area contributed by atoms with Gasteiger partial charge in [0.25, 0.3) is 5.91 Å². The maximum absolute atomic E-state index is 11.8. The van der Waals surface area contributed by atoms with E-state index in [-0.39, 0.29) is 16.8 Å². The van der Waals surface area contributed by atoms with Gasteiger partial charge in [-0.3, -0.25) is 4.79 Å². The van der Waals surface area contributed by atoms with Crippen molar-refractivity contribution in [2.75, 3.05) is 0 Å². The Morgan fingerprint density at radius 1 is 1.28 bits per heavy atom. The van der Waals surface area contributed by atoms with Crippen molar-refractivity contribution in [3.05, 3.63) is 58.9 Å². The second kappa shape index (κ2) is 5.51. The molecule has 0 atom stereocenters. The predicted molar refractivity (Wildman–Crippen MR) is 68.5 cm³/mol. The normalized spacial score (nSPS) is 10.1. The van der Waals surface area contributed by atoms with Crippen LogP contribution in [0.4, 0.5) is 0 Å². The summed E-state index contributed by atoms with van der Waals surface area (Å²) in [5.41, 5.74) is 1.37. The monoisotopic (exact) mass is 262 g/mol. The number of benzene rings is 1. The summed E-state index contributed by atoms with van der Waals surface area (Å²) in [6, 6.07) is 9.74. The molecule has 1 aromatic carbocycles. The number of nitrogens with zero attached hydrogens (tertiary/aromatic N) is 1. The van der Waals surface area contributed by atoms with Gasteiger partial charge in [0.1, 0.15) is 10.9 Å². The Labute approximate surface area is 109 Å². The molecule has 92 valence electrons. The van der Waals surface area contributed by atoms with E-state index in [1.165, 1.54) is 12.3 Å². The molecule has 5 heteroatoms. The zero-order chi connectivity index (χ0) is 13.0. The van der Waals surface area contributed by atoms with Gasteiger partial charge in [-0.15, -0.1) is 0 Å². The van der Waals surface area contributed by atoms with Crippen molar-refractivity contribution in [2.24, 2.45) is 0 Å². The fourth-order valence-corrected chi connectivity index (χ4v) is 1.62. The number of carbonyl (C=O) groups is 1. The summed E-state index contributed by atoms with van der Waals surface area (Å²) in [4.78, 5) is 15.6. The smallest absolute Gasteiger partial charge is 0.251 e. The number of pyridine rings is 1. The van der Waals surface area contributed by atoms with Gasteiger partial charge < -0.3 is 10.4 Å². The molecule has 0 bridgehead atoms. The molecule has 1 amide bonds. The molecule has 2 N–H and O–H groups in total. The van der Waals surface area contributed by atoms with Crippen LogP contribution in [0.3, 0.4) is 0 Å². The van der Waals surface area contributed by atoms with E-state index >= 15 is 0 Å². The van der Waals surface area contributed by atoms with Crippen molar-refractivity contribution in [1.29, 1.82) is 0 Å². The molecular formula is C13H11ClN2O2. The minimum Gasteiger partial charge on any atom is -0.508 e. The van der Waals surface area contributed by atoms with Crippen LogP contribution >= 0.6 is 11.6 Å². The second-order valence-electron chi connectivity index (χ2n) is 3.72. The fourth-order valence-electron chi connectivity index (χ4n) is 1.44. The molecule has 4 nitrogen and oxygen atoms in total. The maximum Gasteiger partial charge on any atom is 0.251 e. The summed E-state index contributed by atoms with van der Waals surface area (Å²) in [6.07, 6.45) is 1.48. The number of amides is 1. The highest BCUT2D eigenvalue weighted by Gasteiger charge is 2.05. The largest absolute Gasteiger partial charge is 0.508 e. The van der Waals surface area contributed by atoms with Gasteiger partial charge in [0.05, 0.1) is 0 Å². The van der Waals surface area contributed by atoms with E-state index in [1.807, 2.05) is 0 Å². The highest BCUT2D eigenvalue weighted by atomic mass is 35.5. The van der Waals surface area contributed by atoms with E-state index in [0.29, 0.717) is 12.1 Å². The average molecular weight is 263 g/mol. The third-order valence-corrected chi connectivity index (χ3v) is 2.58. The Morgan fingerprint density at radius 2 is 2.00 bits per heavy atom. The highest BCUT2D eigenvalue weighted by Crippen LogP contribution is 2.10. The highest BCUT2D eigenvalue weighted by molar-refractivity contribution is 6.29. The van der Waals surface area contributed by atoms with E-state index in [9.17, 15) is 4.79 Å². The summed E-state index contributed by atoms with van der Waals surface area (Å²) in [6.45, 7) is 0.388. The lowest BCUT2D eigenvalue weighted by atomic mass is 10.2. The second-order valence-corrected chi connectivity index (χ2v) is 4.10. The molecule has 0 unspecified atom stereocenters. The van der Waals surface area contributed by atoms with Gasteiger partial charge in [0, 0.05) is 18.3 Å². The van der Waals surface area contributed by atoms with E-state index in [0.717, 1.165) is 5.56 Å². The van der Waals surface area contributed by atoms with Crippen molar-refractivity contribution in [1.82, 2.24) is 10.3 Å². The molecule has 2 aromatic rings. The Kier molecular flexibility index (Phi) is 3.79. The summed E-state index contributed by atoms with van der Waals surface area (Å²) >= 11 is 5.70. The molecular weight excluding hydrogens is 252 g/mol. The lowest BCUT2D eigenvalue weighted by Crippen LogP contribution is -2.22. The van der Waals surface area contributed by atoms with Gasteiger partial charge in [-0.2, -0.15) is 0 Å². The number of carbonyl (C=O) groups excluding carboxylic acids is 1. The molecule has 0 aliphatic rings. The summed E-state index contributed by atoms with van der Waals surface area (Å²) < 4.78 is 0. The third-order valence-electron chi connectivity index (χ3n) is 2.38. The van der Waals surface area contributed by atoms with Crippen LogP contribution in [0.25, 0.3) is 0 Å². The number of aromatic hydroxyl groups is 1. The van der Waals surface area contributed by atoms with Crippen molar-refractivity contribution in [2.45, 2.75) is 6.54 Å². The number of phenolic OH excluding ortho intramolecular Hbond substituents is 1. The SMILES string of the molecule is O=C(NCc1ccc(O)cc1)c1ccnc(Cl)c1. The number of halogens is 1. The molecule has 0 aliphatic heterocycles. The zero-order valence-corrected chi connectivity index (χ0v) is 10.2. The summed E-state index contributed by atoms with van der Waals surface area (Å²) in [7, 11) is 0. The Bertz CT molecular complexity index is 555. The lowest BCUT2D eigenvalue weighted by Gasteiger charge is -2.05. The Balaban J connectivity index is 1.98. The molecule has 0 saturated heterocycles. The Morgan fingerprint density at radius 3 is 2.67 bits per heavy atom. The Hall–Kier alpha value is -2.07.